The summed E-state index contributed by atoms with van der Waals surface area (Å²) in [5.41, 5.74) is 2.27. The first-order valence-electron chi connectivity index (χ1n) is 3.81. The smallest absolute Gasteiger partial charge is 0.269 e. The molecule has 0 aliphatic carbocycles. The van der Waals surface area contributed by atoms with Gasteiger partial charge < -0.3 is 5.32 Å². The number of aromatic nitrogens is 1. The van der Waals surface area contributed by atoms with Crippen molar-refractivity contribution < 1.29 is 4.79 Å². The standard InChI is InChI=1S/C9H12N2O/c1-6-4-5-7(2)11-8(6)9(12)10-3/h4-5H,1-3H3,(H,10,12). The van der Waals surface area contributed by atoms with E-state index < -0.39 is 0 Å². The first kappa shape index (κ1) is 8.71. The van der Waals surface area contributed by atoms with Gasteiger partial charge in [-0.3, -0.25) is 4.79 Å². The van der Waals surface area contributed by atoms with E-state index in [-0.39, 0.29) is 5.91 Å². The highest BCUT2D eigenvalue weighted by Gasteiger charge is 2.07. The molecule has 12 heavy (non-hydrogen) atoms. The van der Waals surface area contributed by atoms with Crippen LogP contribution in [0.3, 0.4) is 0 Å². The lowest BCUT2D eigenvalue weighted by atomic mass is 10.2. The SMILES string of the molecule is CNC(=O)c1nc(C)ccc1C. The average Bonchev–Trinajstić information content (AvgIpc) is 2.08. The highest BCUT2D eigenvalue weighted by molar-refractivity contribution is 5.93. The second kappa shape index (κ2) is 3.34. The molecule has 1 aromatic heterocycles. The normalized spacial score (nSPS) is 9.58. The van der Waals surface area contributed by atoms with Crippen LogP contribution in [0.5, 0.6) is 0 Å². The molecule has 0 radical (unpaired) electrons. The van der Waals surface area contributed by atoms with Gasteiger partial charge in [-0.1, -0.05) is 6.07 Å². The van der Waals surface area contributed by atoms with Crippen LogP contribution >= 0.6 is 0 Å². The Kier molecular flexibility index (Phi) is 2.43. The molecule has 1 amide bonds. The van der Waals surface area contributed by atoms with Crippen molar-refractivity contribution in [2.24, 2.45) is 0 Å². The van der Waals surface area contributed by atoms with Gasteiger partial charge in [-0.2, -0.15) is 0 Å². The monoisotopic (exact) mass is 164 g/mol. The fraction of sp³-hybridized carbons (Fsp3) is 0.333. The number of aryl methyl sites for hydroxylation is 2. The van der Waals surface area contributed by atoms with E-state index in [9.17, 15) is 4.79 Å². The molecule has 64 valence electrons. The number of carbonyl (C=O) groups is 1. The second-order valence-corrected chi connectivity index (χ2v) is 2.70. The summed E-state index contributed by atoms with van der Waals surface area (Å²) in [4.78, 5) is 15.3. The fourth-order valence-electron chi connectivity index (χ4n) is 0.975. The van der Waals surface area contributed by atoms with Gasteiger partial charge in [0, 0.05) is 12.7 Å². The summed E-state index contributed by atoms with van der Waals surface area (Å²) in [6.07, 6.45) is 0. The van der Waals surface area contributed by atoms with Crippen LogP contribution in [0.1, 0.15) is 21.7 Å². The van der Waals surface area contributed by atoms with Crippen molar-refractivity contribution in [1.82, 2.24) is 10.3 Å². The third kappa shape index (κ3) is 1.61. The largest absolute Gasteiger partial charge is 0.354 e. The molecule has 0 saturated heterocycles. The zero-order valence-corrected chi connectivity index (χ0v) is 7.51. The maximum Gasteiger partial charge on any atom is 0.269 e. The molecule has 0 aliphatic rings. The highest BCUT2D eigenvalue weighted by Crippen LogP contribution is 2.05. The van der Waals surface area contributed by atoms with E-state index in [2.05, 4.69) is 10.3 Å². The van der Waals surface area contributed by atoms with Crippen LogP contribution in [0.15, 0.2) is 12.1 Å². The molecule has 0 saturated carbocycles. The van der Waals surface area contributed by atoms with Crippen LogP contribution in [0.4, 0.5) is 0 Å². The number of rotatable bonds is 1. The van der Waals surface area contributed by atoms with E-state index in [1.165, 1.54) is 0 Å². The van der Waals surface area contributed by atoms with Crippen molar-refractivity contribution >= 4 is 5.91 Å². The maximum absolute atomic E-state index is 11.2. The number of nitrogens with zero attached hydrogens (tertiary/aromatic N) is 1. The third-order valence-corrected chi connectivity index (χ3v) is 1.68. The molecule has 0 spiro atoms. The van der Waals surface area contributed by atoms with Gasteiger partial charge in [0.15, 0.2) is 0 Å². The maximum atomic E-state index is 11.2. The first-order chi connectivity index (χ1) is 5.65. The highest BCUT2D eigenvalue weighted by atomic mass is 16.1. The summed E-state index contributed by atoms with van der Waals surface area (Å²) in [6, 6.07) is 3.79. The van der Waals surface area contributed by atoms with Crippen molar-refractivity contribution in [2.75, 3.05) is 7.05 Å². The summed E-state index contributed by atoms with van der Waals surface area (Å²) >= 11 is 0. The van der Waals surface area contributed by atoms with Crippen LogP contribution in [0.25, 0.3) is 0 Å². The molecule has 0 atom stereocenters. The molecule has 3 heteroatoms. The van der Waals surface area contributed by atoms with Crippen LogP contribution in [-0.4, -0.2) is 17.9 Å². The Morgan fingerprint density at radius 1 is 1.42 bits per heavy atom. The van der Waals surface area contributed by atoms with E-state index in [0.717, 1.165) is 11.3 Å². The van der Waals surface area contributed by atoms with E-state index in [4.69, 9.17) is 0 Å². The molecule has 0 aliphatic heterocycles. The number of pyridine rings is 1. The molecule has 0 unspecified atom stereocenters. The molecule has 0 bridgehead atoms. The Morgan fingerprint density at radius 3 is 2.67 bits per heavy atom. The average molecular weight is 164 g/mol. The van der Waals surface area contributed by atoms with Crippen molar-refractivity contribution in [2.45, 2.75) is 13.8 Å². The van der Waals surface area contributed by atoms with Crippen LogP contribution in [0, 0.1) is 13.8 Å². The third-order valence-electron chi connectivity index (χ3n) is 1.68. The van der Waals surface area contributed by atoms with Gasteiger partial charge in [0.1, 0.15) is 5.69 Å². The lowest BCUT2D eigenvalue weighted by molar-refractivity contribution is 0.0957. The lowest BCUT2D eigenvalue weighted by Gasteiger charge is -2.03. The van der Waals surface area contributed by atoms with Gasteiger partial charge in [-0.25, -0.2) is 4.98 Å². The summed E-state index contributed by atoms with van der Waals surface area (Å²) in [5.74, 6) is -0.129. The predicted molar refractivity (Wildman–Crippen MR) is 47.1 cm³/mol. The Bertz CT molecular complexity index is 307. The Hall–Kier alpha value is -1.38. The summed E-state index contributed by atoms with van der Waals surface area (Å²) < 4.78 is 0. The van der Waals surface area contributed by atoms with Crippen LogP contribution in [-0.2, 0) is 0 Å². The zero-order valence-electron chi connectivity index (χ0n) is 7.51. The second-order valence-electron chi connectivity index (χ2n) is 2.70. The van der Waals surface area contributed by atoms with Gasteiger partial charge in [-0.05, 0) is 25.5 Å². The van der Waals surface area contributed by atoms with Crippen LogP contribution < -0.4 is 5.32 Å². The number of carbonyl (C=O) groups excluding carboxylic acids is 1. The van der Waals surface area contributed by atoms with Gasteiger partial charge in [0.2, 0.25) is 0 Å². The van der Waals surface area contributed by atoms with E-state index in [1.54, 1.807) is 7.05 Å². The molecular weight excluding hydrogens is 152 g/mol. The fourth-order valence-corrected chi connectivity index (χ4v) is 0.975. The zero-order chi connectivity index (χ0) is 9.14. The van der Waals surface area contributed by atoms with E-state index in [0.29, 0.717) is 5.69 Å². The summed E-state index contributed by atoms with van der Waals surface area (Å²) in [7, 11) is 1.60. The lowest BCUT2D eigenvalue weighted by Crippen LogP contribution is -2.20. The van der Waals surface area contributed by atoms with Gasteiger partial charge >= 0.3 is 0 Å². The predicted octanol–water partition coefficient (Wildman–Crippen LogP) is 1.06. The van der Waals surface area contributed by atoms with Crippen molar-refractivity contribution in [3.05, 3.63) is 29.1 Å². The number of hydrogen-bond acceptors (Lipinski definition) is 2. The topological polar surface area (TPSA) is 42.0 Å². The molecular formula is C9H12N2O. The molecule has 1 heterocycles. The number of nitrogens with one attached hydrogen (secondary N) is 1. The van der Waals surface area contributed by atoms with E-state index >= 15 is 0 Å². The van der Waals surface area contributed by atoms with Crippen LogP contribution in [0.2, 0.25) is 0 Å². The van der Waals surface area contributed by atoms with Crippen molar-refractivity contribution in [1.29, 1.82) is 0 Å². The minimum absolute atomic E-state index is 0.129. The first-order valence-corrected chi connectivity index (χ1v) is 3.81. The number of amides is 1. The van der Waals surface area contributed by atoms with Crippen molar-refractivity contribution in [3.8, 4) is 0 Å². The molecule has 3 nitrogen and oxygen atoms in total. The molecule has 1 N–H and O–H groups in total. The van der Waals surface area contributed by atoms with Gasteiger partial charge in [-0.15, -0.1) is 0 Å². The molecule has 1 aromatic rings. The number of hydrogen-bond donors (Lipinski definition) is 1. The summed E-state index contributed by atoms with van der Waals surface area (Å²) in [5, 5.41) is 2.55. The molecule has 0 aromatic carbocycles. The Labute approximate surface area is 71.8 Å². The van der Waals surface area contributed by atoms with E-state index in [1.807, 2.05) is 26.0 Å². The Balaban J connectivity index is 3.13. The van der Waals surface area contributed by atoms with Gasteiger partial charge in [0.25, 0.3) is 5.91 Å². The minimum atomic E-state index is -0.129. The van der Waals surface area contributed by atoms with Gasteiger partial charge in [0.05, 0.1) is 0 Å². The molecule has 0 fully saturated rings. The van der Waals surface area contributed by atoms with Crippen molar-refractivity contribution in [3.63, 3.8) is 0 Å². The Morgan fingerprint density at radius 2 is 2.08 bits per heavy atom. The minimum Gasteiger partial charge on any atom is -0.354 e. The summed E-state index contributed by atoms with van der Waals surface area (Å²) in [6.45, 7) is 3.74. The quantitative estimate of drug-likeness (QED) is 0.674. The molecule has 1 rings (SSSR count).